The van der Waals surface area contributed by atoms with Crippen LogP contribution in [0, 0.1) is 5.82 Å². The lowest BCUT2D eigenvalue weighted by Crippen LogP contribution is -2.39. The second kappa shape index (κ2) is 11.7. The highest BCUT2D eigenvalue weighted by molar-refractivity contribution is 6.05. The molecule has 34 heavy (non-hydrogen) atoms. The van der Waals surface area contributed by atoms with Gasteiger partial charge >= 0.3 is 0 Å². The topological polar surface area (TPSA) is 45.2 Å². The minimum Gasteiger partial charge on any atom is -0.494 e. The molecule has 0 saturated carbocycles. The van der Waals surface area contributed by atoms with Crippen molar-refractivity contribution >= 4 is 17.3 Å². The summed E-state index contributed by atoms with van der Waals surface area (Å²) in [5.41, 5.74) is 1.68. The van der Waals surface area contributed by atoms with Crippen LogP contribution in [0.25, 0.3) is 0 Å². The van der Waals surface area contributed by atoms with Crippen LogP contribution in [0.4, 0.5) is 15.8 Å². The Labute approximate surface area is 202 Å². The molecule has 1 atom stereocenters. The van der Waals surface area contributed by atoms with E-state index in [1.165, 1.54) is 11.0 Å². The minimum absolute atomic E-state index is 0.183. The van der Waals surface area contributed by atoms with Crippen molar-refractivity contribution in [3.63, 3.8) is 0 Å². The number of halogens is 1. The molecule has 2 aliphatic heterocycles. The van der Waals surface area contributed by atoms with Gasteiger partial charge in [-0.25, -0.2) is 4.39 Å². The molecule has 184 valence electrons. The highest BCUT2D eigenvalue weighted by atomic mass is 19.1. The number of ether oxygens (including phenoxy) is 2. The predicted molar refractivity (Wildman–Crippen MR) is 134 cm³/mol. The molecule has 2 fully saturated rings. The molecule has 2 aromatic rings. The van der Waals surface area contributed by atoms with Crippen LogP contribution in [0.5, 0.6) is 5.75 Å². The van der Waals surface area contributed by atoms with Crippen molar-refractivity contribution in [3.05, 3.63) is 53.8 Å². The van der Waals surface area contributed by atoms with Crippen LogP contribution in [0.2, 0.25) is 0 Å². The average Bonchev–Trinajstić information content (AvgIpc) is 3.18. The van der Waals surface area contributed by atoms with Crippen LogP contribution < -0.4 is 14.5 Å². The van der Waals surface area contributed by atoms with Crippen molar-refractivity contribution in [1.82, 2.24) is 4.90 Å². The maximum Gasteiger partial charge on any atom is 0.258 e. The van der Waals surface area contributed by atoms with Crippen LogP contribution >= 0.6 is 0 Å². The Balaban J connectivity index is 1.38. The minimum atomic E-state index is -0.295. The Hall–Kier alpha value is -2.64. The highest BCUT2D eigenvalue weighted by Gasteiger charge is 2.29. The van der Waals surface area contributed by atoms with Crippen molar-refractivity contribution in [1.29, 1.82) is 0 Å². The van der Waals surface area contributed by atoms with E-state index in [9.17, 15) is 4.79 Å². The lowest BCUT2D eigenvalue weighted by atomic mass is 10.1. The first kappa shape index (κ1) is 24.5. The predicted octanol–water partition coefficient (Wildman–Crippen LogP) is 4.58. The number of nitrogens with zero attached hydrogens (tertiary/aromatic N) is 3. The van der Waals surface area contributed by atoms with Crippen molar-refractivity contribution in [2.45, 2.75) is 38.6 Å². The van der Waals surface area contributed by atoms with E-state index in [1.807, 2.05) is 6.07 Å². The monoisotopic (exact) mass is 469 g/mol. The summed E-state index contributed by atoms with van der Waals surface area (Å²) in [6, 6.07) is 12.6. The van der Waals surface area contributed by atoms with Gasteiger partial charge in [0.15, 0.2) is 0 Å². The van der Waals surface area contributed by atoms with Crippen molar-refractivity contribution in [2.75, 3.05) is 62.8 Å². The summed E-state index contributed by atoms with van der Waals surface area (Å²) in [4.78, 5) is 19.0. The standard InChI is InChI=1S/C27H36FN3O3/c1-3-4-17-34-24-9-6-21(7-10-24)27(32)29(2)22-8-11-26(25(28)19-22)31-14-12-23(20-31)30-13-5-16-33-18-15-30/h6-11,19,23H,3-5,12-18,20H2,1-2H3. The Morgan fingerprint density at radius 2 is 1.97 bits per heavy atom. The number of benzene rings is 2. The Kier molecular flexibility index (Phi) is 8.40. The first-order chi connectivity index (χ1) is 16.6. The van der Waals surface area contributed by atoms with Gasteiger partial charge in [-0.1, -0.05) is 13.3 Å². The van der Waals surface area contributed by atoms with E-state index < -0.39 is 0 Å². The van der Waals surface area contributed by atoms with Gasteiger partial charge in [0.1, 0.15) is 11.6 Å². The second-order valence-corrected chi connectivity index (χ2v) is 9.12. The largest absolute Gasteiger partial charge is 0.494 e. The van der Waals surface area contributed by atoms with Gasteiger partial charge < -0.3 is 19.3 Å². The number of carbonyl (C=O) groups is 1. The molecule has 0 N–H and O–H groups in total. The van der Waals surface area contributed by atoms with E-state index in [2.05, 4.69) is 16.7 Å². The van der Waals surface area contributed by atoms with E-state index in [1.54, 1.807) is 37.4 Å². The van der Waals surface area contributed by atoms with E-state index >= 15 is 4.39 Å². The number of hydrogen-bond donors (Lipinski definition) is 0. The molecule has 0 spiro atoms. The van der Waals surface area contributed by atoms with Crippen LogP contribution in [-0.2, 0) is 4.74 Å². The van der Waals surface area contributed by atoms with Gasteiger partial charge in [-0.3, -0.25) is 9.69 Å². The summed E-state index contributed by atoms with van der Waals surface area (Å²) in [7, 11) is 1.68. The summed E-state index contributed by atoms with van der Waals surface area (Å²) in [5.74, 6) is 0.271. The summed E-state index contributed by atoms with van der Waals surface area (Å²) >= 11 is 0. The van der Waals surface area contributed by atoms with Gasteiger partial charge in [0.2, 0.25) is 0 Å². The molecule has 2 aliphatic rings. The second-order valence-electron chi connectivity index (χ2n) is 9.12. The fourth-order valence-electron chi connectivity index (χ4n) is 4.69. The summed E-state index contributed by atoms with van der Waals surface area (Å²) in [5, 5.41) is 0. The third-order valence-corrected chi connectivity index (χ3v) is 6.77. The number of amides is 1. The quantitative estimate of drug-likeness (QED) is 0.530. The van der Waals surface area contributed by atoms with Crippen LogP contribution in [-0.4, -0.2) is 69.9 Å². The van der Waals surface area contributed by atoms with Crippen molar-refractivity contribution < 1.29 is 18.7 Å². The molecule has 2 saturated heterocycles. The Morgan fingerprint density at radius 1 is 1.15 bits per heavy atom. The molecule has 6 nitrogen and oxygen atoms in total. The smallest absolute Gasteiger partial charge is 0.258 e. The van der Waals surface area contributed by atoms with Crippen LogP contribution in [0.3, 0.4) is 0 Å². The fraction of sp³-hybridized carbons (Fsp3) is 0.519. The maximum atomic E-state index is 15.1. The Bertz CT molecular complexity index is 945. The molecule has 1 amide bonds. The van der Waals surface area contributed by atoms with E-state index in [0.29, 0.717) is 29.6 Å². The molecule has 1 unspecified atom stereocenters. The third-order valence-electron chi connectivity index (χ3n) is 6.77. The van der Waals surface area contributed by atoms with Crippen molar-refractivity contribution in [3.8, 4) is 5.75 Å². The Morgan fingerprint density at radius 3 is 2.74 bits per heavy atom. The van der Waals surface area contributed by atoms with Gasteiger partial charge in [-0.2, -0.15) is 0 Å². The zero-order valence-electron chi connectivity index (χ0n) is 20.3. The zero-order chi connectivity index (χ0) is 23.9. The van der Waals surface area contributed by atoms with Gasteiger partial charge in [-0.05, 0) is 61.7 Å². The SMILES string of the molecule is CCCCOc1ccc(C(=O)N(C)c2ccc(N3CCC(N4CCCOCC4)C3)c(F)c2)cc1. The maximum absolute atomic E-state index is 15.1. The van der Waals surface area contributed by atoms with E-state index in [-0.39, 0.29) is 11.7 Å². The van der Waals surface area contributed by atoms with Gasteiger partial charge in [0.05, 0.1) is 18.9 Å². The number of carbonyl (C=O) groups excluding carboxylic acids is 1. The molecule has 0 bridgehead atoms. The third kappa shape index (κ3) is 5.88. The van der Waals surface area contributed by atoms with Crippen LogP contribution in [0.15, 0.2) is 42.5 Å². The van der Waals surface area contributed by atoms with Gasteiger partial charge in [-0.15, -0.1) is 0 Å². The summed E-state index contributed by atoms with van der Waals surface area (Å²) < 4.78 is 26.4. The van der Waals surface area contributed by atoms with Gasteiger partial charge in [0.25, 0.3) is 5.91 Å². The van der Waals surface area contributed by atoms with E-state index in [0.717, 1.165) is 70.8 Å². The molecule has 4 rings (SSSR count). The first-order valence-corrected chi connectivity index (χ1v) is 12.4. The van der Waals surface area contributed by atoms with Crippen molar-refractivity contribution in [2.24, 2.45) is 0 Å². The molecule has 0 aliphatic carbocycles. The first-order valence-electron chi connectivity index (χ1n) is 12.4. The number of unbranched alkanes of at least 4 members (excludes halogenated alkanes) is 1. The van der Waals surface area contributed by atoms with Crippen LogP contribution in [0.1, 0.15) is 43.0 Å². The lowest BCUT2D eigenvalue weighted by molar-refractivity contribution is 0.0993. The molecular formula is C27H36FN3O3. The van der Waals surface area contributed by atoms with Gasteiger partial charge in [0, 0.05) is 57.1 Å². The summed E-state index contributed by atoms with van der Waals surface area (Å²) in [6.45, 7) is 8.01. The van der Waals surface area contributed by atoms with E-state index in [4.69, 9.17) is 9.47 Å². The molecular weight excluding hydrogens is 433 g/mol. The lowest BCUT2D eigenvalue weighted by Gasteiger charge is -2.27. The normalized spacial score (nSPS) is 19.1. The average molecular weight is 470 g/mol. The number of hydrogen-bond acceptors (Lipinski definition) is 5. The number of rotatable bonds is 8. The zero-order valence-corrected chi connectivity index (χ0v) is 20.3. The molecule has 7 heteroatoms. The molecule has 2 heterocycles. The fourth-order valence-corrected chi connectivity index (χ4v) is 4.69. The number of anilines is 2. The molecule has 0 aromatic heterocycles. The summed E-state index contributed by atoms with van der Waals surface area (Å²) in [6.07, 6.45) is 4.14. The molecule has 2 aromatic carbocycles. The highest BCUT2D eigenvalue weighted by Crippen LogP contribution is 2.29. The molecule has 0 radical (unpaired) electrons.